The Labute approximate surface area is 103 Å². The van der Waals surface area contributed by atoms with Crippen molar-refractivity contribution < 1.29 is 5.11 Å². The summed E-state index contributed by atoms with van der Waals surface area (Å²) >= 11 is 0. The average molecular weight is 226 g/mol. The largest absolute Gasteiger partial charge is 0.392 e. The Morgan fingerprint density at radius 2 is 1.47 bits per heavy atom. The lowest BCUT2D eigenvalue weighted by Gasteiger charge is -2.10. The second-order valence-corrected chi connectivity index (χ2v) is 4.53. The van der Waals surface area contributed by atoms with Crippen molar-refractivity contribution in [2.75, 3.05) is 0 Å². The SMILES string of the molecule is Cc1cccc(C)c1Cc1cccc(CO)c1. The highest BCUT2D eigenvalue weighted by molar-refractivity contribution is 5.38. The fourth-order valence-electron chi connectivity index (χ4n) is 2.17. The van der Waals surface area contributed by atoms with E-state index in [-0.39, 0.29) is 6.61 Å². The summed E-state index contributed by atoms with van der Waals surface area (Å²) in [6, 6.07) is 14.5. The van der Waals surface area contributed by atoms with E-state index in [1.54, 1.807) is 0 Å². The highest BCUT2D eigenvalue weighted by Crippen LogP contribution is 2.18. The third kappa shape index (κ3) is 2.75. The van der Waals surface area contributed by atoms with Crippen LogP contribution in [0.3, 0.4) is 0 Å². The first-order valence-corrected chi connectivity index (χ1v) is 5.94. The predicted octanol–water partition coefficient (Wildman–Crippen LogP) is 3.39. The lowest BCUT2D eigenvalue weighted by atomic mass is 9.95. The van der Waals surface area contributed by atoms with Gasteiger partial charge in [-0.1, -0.05) is 42.5 Å². The van der Waals surface area contributed by atoms with Crippen LogP contribution in [0.5, 0.6) is 0 Å². The van der Waals surface area contributed by atoms with Crippen LogP contribution in [0.2, 0.25) is 0 Å². The van der Waals surface area contributed by atoms with Crippen LogP contribution in [0.4, 0.5) is 0 Å². The second-order valence-electron chi connectivity index (χ2n) is 4.53. The van der Waals surface area contributed by atoms with E-state index in [4.69, 9.17) is 5.11 Å². The summed E-state index contributed by atoms with van der Waals surface area (Å²) in [7, 11) is 0. The Bertz CT molecular complexity index is 494. The molecule has 0 heterocycles. The van der Waals surface area contributed by atoms with Gasteiger partial charge in [0, 0.05) is 0 Å². The number of hydrogen-bond acceptors (Lipinski definition) is 1. The maximum absolute atomic E-state index is 9.14. The molecule has 88 valence electrons. The van der Waals surface area contributed by atoms with E-state index < -0.39 is 0 Å². The molecule has 2 aromatic carbocycles. The van der Waals surface area contributed by atoms with Crippen molar-refractivity contribution in [2.45, 2.75) is 26.9 Å². The summed E-state index contributed by atoms with van der Waals surface area (Å²) in [6.07, 6.45) is 0.937. The molecular formula is C16H18O. The standard InChI is InChI=1S/C16H18O/c1-12-5-3-6-13(2)16(12)10-14-7-4-8-15(9-14)11-17/h3-9,17H,10-11H2,1-2H3. The maximum atomic E-state index is 9.14. The minimum absolute atomic E-state index is 0.112. The molecular weight excluding hydrogens is 208 g/mol. The molecule has 0 spiro atoms. The van der Waals surface area contributed by atoms with Gasteiger partial charge >= 0.3 is 0 Å². The molecule has 0 amide bonds. The van der Waals surface area contributed by atoms with Crippen molar-refractivity contribution in [3.8, 4) is 0 Å². The quantitative estimate of drug-likeness (QED) is 0.850. The number of hydrogen-bond donors (Lipinski definition) is 1. The lowest BCUT2D eigenvalue weighted by molar-refractivity contribution is 0.281. The van der Waals surface area contributed by atoms with Crippen molar-refractivity contribution in [3.63, 3.8) is 0 Å². The van der Waals surface area contributed by atoms with E-state index in [0.29, 0.717) is 0 Å². The van der Waals surface area contributed by atoms with Crippen molar-refractivity contribution in [1.82, 2.24) is 0 Å². The van der Waals surface area contributed by atoms with Crippen LogP contribution in [-0.4, -0.2) is 5.11 Å². The summed E-state index contributed by atoms with van der Waals surface area (Å²) in [5.41, 5.74) is 6.30. The van der Waals surface area contributed by atoms with Gasteiger partial charge in [0.2, 0.25) is 0 Å². The van der Waals surface area contributed by atoms with Gasteiger partial charge in [-0.3, -0.25) is 0 Å². The number of aliphatic hydroxyl groups is 1. The van der Waals surface area contributed by atoms with Gasteiger partial charge in [-0.25, -0.2) is 0 Å². The minimum atomic E-state index is 0.112. The van der Waals surface area contributed by atoms with Gasteiger partial charge in [-0.2, -0.15) is 0 Å². The Kier molecular flexibility index (Phi) is 3.60. The van der Waals surface area contributed by atoms with Crippen LogP contribution in [-0.2, 0) is 13.0 Å². The monoisotopic (exact) mass is 226 g/mol. The zero-order valence-corrected chi connectivity index (χ0v) is 10.4. The van der Waals surface area contributed by atoms with Gasteiger partial charge in [0.25, 0.3) is 0 Å². The molecule has 0 aliphatic heterocycles. The summed E-state index contributed by atoms with van der Waals surface area (Å²) < 4.78 is 0. The fourth-order valence-corrected chi connectivity index (χ4v) is 2.17. The van der Waals surface area contributed by atoms with E-state index in [1.807, 2.05) is 12.1 Å². The number of rotatable bonds is 3. The van der Waals surface area contributed by atoms with Crippen LogP contribution in [0.15, 0.2) is 42.5 Å². The summed E-state index contributed by atoms with van der Waals surface area (Å²) in [5, 5.41) is 9.14. The van der Waals surface area contributed by atoms with Crippen molar-refractivity contribution in [3.05, 3.63) is 70.3 Å². The van der Waals surface area contributed by atoms with E-state index in [9.17, 15) is 0 Å². The highest BCUT2D eigenvalue weighted by Gasteiger charge is 2.03. The van der Waals surface area contributed by atoms with Crippen LogP contribution in [0.1, 0.15) is 27.8 Å². The molecule has 0 bridgehead atoms. The molecule has 1 N–H and O–H groups in total. The van der Waals surface area contributed by atoms with Gasteiger partial charge in [0.1, 0.15) is 0 Å². The van der Waals surface area contributed by atoms with Gasteiger partial charge < -0.3 is 5.11 Å². The van der Waals surface area contributed by atoms with Gasteiger partial charge in [-0.15, -0.1) is 0 Å². The predicted molar refractivity (Wildman–Crippen MR) is 71.1 cm³/mol. The second kappa shape index (κ2) is 5.15. The highest BCUT2D eigenvalue weighted by atomic mass is 16.3. The first-order valence-electron chi connectivity index (χ1n) is 5.94. The van der Waals surface area contributed by atoms with Gasteiger partial charge in [-0.05, 0) is 48.1 Å². The van der Waals surface area contributed by atoms with Crippen molar-refractivity contribution in [1.29, 1.82) is 0 Å². The summed E-state index contributed by atoms with van der Waals surface area (Å²) in [4.78, 5) is 0. The van der Waals surface area contributed by atoms with Crippen molar-refractivity contribution in [2.24, 2.45) is 0 Å². The smallest absolute Gasteiger partial charge is 0.0681 e. The molecule has 0 atom stereocenters. The summed E-state index contributed by atoms with van der Waals surface area (Å²) in [6.45, 7) is 4.41. The normalized spacial score (nSPS) is 10.5. The molecule has 0 fully saturated rings. The molecule has 0 saturated carbocycles. The number of aryl methyl sites for hydroxylation is 2. The molecule has 1 nitrogen and oxygen atoms in total. The Morgan fingerprint density at radius 3 is 2.12 bits per heavy atom. The first kappa shape index (κ1) is 11.9. The molecule has 0 saturated heterocycles. The van der Waals surface area contributed by atoms with Crippen molar-refractivity contribution >= 4 is 0 Å². The molecule has 0 aromatic heterocycles. The van der Waals surface area contributed by atoms with E-state index in [1.165, 1.54) is 22.3 Å². The van der Waals surface area contributed by atoms with E-state index >= 15 is 0 Å². The summed E-state index contributed by atoms with van der Waals surface area (Å²) in [5.74, 6) is 0. The molecule has 2 aromatic rings. The third-order valence-electron chi connectivity index (χ3n) is 3.20. The lowest BCUT2D eigenvalue weighted by Crippen LogP contribution is -1.96. The number of benzene rings is 2. The van der Waals surface area contributed by atoms with Gasteiger partial charge in [0.05, 0.1) is 6.61 Å². The van der Waals surface area contributed by atoms with Crippen LogP contribution < -0.4 is 0 Å². The molecule has 17 heavy (non-hydrogen) atoms. The molecule has 0 aliphatic carbocycles. The Hall–Kier alpha value is -1.60. The molecule has 0 aliphatic rings. The molecule has 1 heteroatoms. The molecule has 0 unspecified atom stereocenters. The zero-order valence-electron chi connectivity index (χ0n) is 10.4. The topological polar surface area (TPSA) is 20.2 Å². The maximum Gasteiger partial charge on any atom is 0.0681 e. The zero-order chi connectivity index (χ0) is 12.3. The van der Waals surface area contributed by atoms with E-state index in [0.717, 1.165) is 12.0 Å². The third-order valence-corrected chi connectivity index (χ3v) is 3.20. The Morgan fingerprint density at radius 1 is 0.882 bits per heavy atom. The number of aliphatic hydroxyl groups excluding tert-OH is 1. The van der Waals surface area contributed by atoms with Gasteiger partial charge in [0.15, 0.2) is 0 Å². The first-order chi connectivity index (χ1) is 8.20. The molecule has 0 radical (unpaired) electrons. The Balaban J connectivity index is 2.31. The van der Waals surface area contributed by atoms with Crippen LogP contribution >= 0.6 is 0 Å². The van der Waals surface area contributed by atoms with Crippen LogP contribution in [0, 0.1) is 13.8 Å². The fraction of sp³-hybridized carbons (Fsp3) is 0.250. The minimum Gasteiger partial charge on any atom is -0.392 e. The van der Waals surface area contributed by atoms with Crippen LogP contribution in [0.25, 0.3) is 0 Å². The van der Waals surface area contributed by atoms with E-state index in [2.05, 4.69) is 44.2 Å². The average Bonchev–Trinajstić information content (AvgIpc) is 2.34. The molecule has 2 rings (SSSR count).